The van der Waals surface area contributed by atoms with Crippen LogP contribution in [0.2, 0.25) is 0 Å². The third kappa shape index (κ3) is 3.70. The average molecular weight is 595 g/mol. The largest absolute Gasteiger partial charge is 0.464 e. The van der Waals surface area contributed by atoms with Crippen molar-refractivity contribution in [2.45, 2.75) is 6.23 Å². The summed E-state index contributed by atoms with van der Waals surface area (Å²) in [5.74, 6) is 0.897. The van der Waals surface area contributed by atoms with Crippen molar-refractivity contribution in [2.24, 2.45) is 0 Å². The van der Waals surface area contributed by atoms with Gasteiger partial charge >= 0.3 is 0 Å². The number of aromatic nitrogens is 1. The fourth-order valence-electron chi connectivity index (χ4n) is 7.11. The molecule has 9 aromatic rings. The molecule has 1 atom stereocenters. The van der Waals surface area contributed by atoms with Gasteiger partial charge in [0.15, 0.2) is 6.23 Å². The minimum Gasteiger partial charge on any atom is -0.464 e. The Hall–Kier alpha value is -5.58. The minimum absolute atomic E-state index is 0.274. The maximum absolute atomic E-state index is 6.69. The Bertz CT molecular complexity index is 2600. The van der Waals surface area contributed by atoms with Crippen molar-refractivity contribution < 1.29 is 4.74 Å². The fraction of sp³-hybridized carbons (Fsp3) is 0.0244. The lowest BCUT2D eigenvalue weighted by molar-refractivity contribution is 0.260. The number of anilines is 1. The monoisotopic (exact) mass is 594 g/mol. The Labute approximate surface area is 263 Å². The highest BCUT2D eigenvalue weighted by Gasteiger charge is 2.29. The maximum atomic E-state index is 6.69. The molecular formula is C41H26N2OS. The zero-order valence-electron chi connectivity index (χ0n) is 24.2. The van der Waals surface area contributed by atoms with Crippen molar-refractivity contribution in [3.8, 4) is 22.6 Å². The zero-order chi connectivity index (χ0) is 29.5. The van der Waals surface area contributed by atoms with E-state index in [0.29, 0.717) is 0 Å². The number of nitrogens with zero attached hydrogens (tertiary/aromatic N) is 1. The Morgan fingerprint density at radius 1 is 0.600 bits per heavy atom. The van der Waals surface area contributed by atoms with Crippen molar-refractivity contribution in [2.75, 3.05) is 5.32 Å². The highest BCUT2D eigenvalue weighted by molar-refractivity contribution is 7.26. The second-order valence-electron chi connectivity index (χ2n) is 11.8. The van der Waals surface area contributed by atoms with Crippen LogP contribution in [-0.4, -0.2) is 4.57 Å². The van der Waals surface area contributed by atoms with E-state index in [-0.39, 0.29) is 6.23 Å². The van der Waals surface area contributed by atoms with Crippen LogP contribution in [0.5, 0.6) is 5.75 Å². The van der Waals surface area contributed by atoms with Gasteiger partial charge in [0.05, 0.1) is 16.7 Å². The molecular weight excluding hydrogens is 569 g/mol. The molecule has 0 amide bonds. The van der Waals surface area contributed by atoms with Gasteiger partial charge in [-0.05, 0) is 58.8 Å². The summed E-state index contributed by atoms with van der Waals surface area (Å²) in [5.41, 5.74) is 8.13. The smallest absolute Gasteiger partial charge is 0.196 e. The van der Waals surface area contributed by atoms with E-state index >= 15 is 0 Å². The second kappa shape index (κ2) is 9.46. The normalized spacial score (nSPS) is 14.4. The van der Waals surface area contributed by atoms with Gasteiger partial charge in [0.2, 0.25) is 0 Å². The first-order valence-electron chi connectivity index (χ1n) is 15.3. The first kappa shape index (κ1) is 24.8. The number of ether oxygens (including phenoxy) is 1. The molecule has 2 aromatic heterocycles. The summed E-state index contributed by atoms with van der Waals surface area (Å²) in [6, 6.07) is 52.3. The van der Waals surface area contributed by atoms with Crippen LogP contribution in [-0.2, 0) is 0 Å². The topological polar surface area (TPSA) is 26.2 Å². The Balaban J connectivity index is 1.08. The summed E-state index contributed by atoms with van der Waals surface area (Å²) in [6.45, 7) is 0. The molecule has 7 aromatic carbocycles. The van der Waals surface area contributed by atoms with Gasteiger partial charge in [0.1, 0.15) is 5.75 Å². The van der Waals surface area contributed by atoms with Crippen molar-refractivity contribution in [3.05, 3.63) is 151 Å². The quantitative estimate of drug-likeness (QED) is 0.220. The lowest BCUT2D eigenvalue weighted by Gasteiger charge is -2.14. The van der Waals surface area contributed by atoms with Gasteiger partial charge < -0.3 is 14.6 Å². The van der Waals surface area contributed by atoms with Gasteiger partial charge in [-0.1, -0.05) is 103 Å². The molecule has 0 fully saturated rings. The molecule has 1 unspecified atom stereocenters. The SMILES string of the molecule is c1ccc(-c2cc3c(c4c2sc2ccccc24)NC(c2ccc(-n4c5ccccc5c5cc6ccccc6cc54)cc2)O3)cc1. The summed E-state index contributed by atoms with van der Waals surface area (Å²) >= 11 is 1.85. The molecule has 0 saturated heterocycles. The predicted molar refractivity (Wildman–Crippen MR) is 190 cm³/mol. The summed E-state index contributed by atoms with van der Waals surface area (Å²) in [5, 5.41) is 11.3. The number of hydrogen-bond donors (Lipinski definition) is 1. The Morgan fingerprint density at radius 3 is 2.16 bits per heavy atom. The maximum Gasteiger partial charge on any atom is 0.196 e. The third-order valence-corrected chi connectivity index (χ3v) is 10.4. The standard InChI is InChI=1S/C41H26N2OS/c1-2-10-25(11-3-1)32-24-36-39(38-31-15-7-9-17-37(31)45-40(32)38)42-41(44-36)26-18-20-29(21-19-26)43-34-16-8-6-14-30(34)33-22-27-12-4-5-13-28(27)23-35(33)43/h1-24,41-42H. The van der Waals surface area contributed by atoms with Crippen LogP contribution >= 0.6 is 11.3 Å². The van der Waals surface area contributed by atoms with Gasteiger partial charge in [0.25, 0.3) is 0 Å². The number of nitrogens with one attached hydrogen (secondary N) is 1. The molecule has 0 aliphatic carbocycles. The first-order valence-corrected chi connectivity index (χ1v) is 16.1. The van der Waals surface area contributed by atoms with Crippen LogP contribution in [0.1, 0.15) is 11.8 Å². The number of para-hydroxylation sites is 1. The lowest BCUT2D eigenvalue weighted by atomic mass is 10.0. The van der Waals surface area contributed by atoms with Crippen LogP contribution in [0.3, 0.4) is 0 Å². The Morgan fingerprint density at radius 2 is 1.31 bits per heavy atom. The van der Waals surface area contributed by atoms with E-state index < -0.39 is 0 Å². The molecule has 0 bridgehead atoms. The molecule has 212 valence electrons. The molecule has 0 saturated carbocycles. The molecule has 3 nitrogen and oxygen atoms in total. The van der Waals surface area contributed by atoms with E-state index in [2.05, 4.69) is 155 Å². The van der Waals surface area contributed by atoms with Gasteiger partial charge in [-0.15, -0.1) is 11.3 Å². The van der Waals surface area contributed by atoms with E-state index in [1.807, 2.05) is 11.3 Å². The third-order valence-electron chi connectivity index (χ3n) is 9.21. The van der Waals surface area contributed by atoms with Gasteiger partial charge in [-0.2, -0.15) is 0 Å². The zero-order valence-corrected chi connectivity index (χ0v) is 25.0. The average Bonchev–Trinajstić information content (AvgIpc) is 3.79. The van der Waals surface area contributed by atoms with E-state index in [1.165, 1.54) is 63.9 Å². The van der Waals surface area contributed by atoms with Crippen molar-refractivity contribution in [1.29, 1.82) is 0 Å². The molecule has 45 heavy (non-hydrogen) atoms. The highest BCUT2D eigenvalue weighted by atomic mass is 32.1. The van der Waals surface area contributed by atoms with Crippen molar-refractivity contribution >= 4 is 69.8 Å². The Kier molecular flexibility index (Phi) is 5.22. The number of hydrogen-bond acceptors (Lipinski definition) is 3. The molecule has 1 aliphatic rings. The molecule has 1 aliphatic heterocycles. The van der Waals surface area contributed by atoms with Crippen LogP contribution in [0.4, 0.5) is 5.69 Å². The number of thiophene rings is 1. The number of fused-ring (bicyclic) bond motifs is 9. The van der Waals surface area contributed by atoms with E-state index in [4.69, 9.17) is 4.74 Å². The summed E-state index contributed by atoms with van der Waals surface area (Å²) in [7, 11) is 0. The lowest BCUT2D eigenvalue weighted by Crippen LogP contribution is -2.10. The minimum atomic E-state index is -0.274. The highest BCUT2D eigenvalue weighted by Crippen LogP contribution is 2.52. The van der Waals surface area contributed by atoms with E-state index in [0.717, 1.165) is 22.7 Å². The van der Waals surface area contributed by atoms with Crippen LogP contribution in [0.25, 0.3) is 69.6 Å². The van der Waals surface area contributed by atoms with Crippen molar-refractivity contribution in [3.63, 3.8) is 0 Å². The van der Waals surface area contributed by atoms with Crippen LogP contribution < -0.4 is 10.1 Å². The van der Waals surface area contributed by atoms with Crippen molar-refractivity contribution in [1.82, 2.24) is 4.57 Å². The molecule has 3 heterocycles. The van der Waals surface area contributed by atoms with Gasteiger partial charge in [0, 0.05) is 47.8 Å². The summed E-state index contributed by atoms with van der Waals surface area (Å²) in [6.07, 6.45) is -0.274. The molecule has 0 spiro atoms. The number of benzene rings is 7. The summed E-state index contributed by atoms with van der Waals surface area (Å²) < 4.78 is 11.6. The van der Waals surface area contributed by atoms with E-state index in [1.54, 1.807) is 0 Å². The van der Waals surface area contributed by atoms with Crippen LogP contribution in [0, 0.1) is 0 Å². The van der Waals surface area contributed by atoms with E-state index in [9.17, 15) is 0 Å². The van der Waals surface area contributed by atoms with Gasteiger partial charge in [-0.25, -0.2) is 0 Å². The van der Waals surface area contributed by atoms with Gasteiger partial charge in [-0.3, -0.25) is 0 Å². The summed E-state index contributed by atoms with van der Waals surface area (Å²) in [4.78, 5) is 0. The molecule has 0 radical (unpaired) electrons. The molecule has 1 N–H and O–H groups in total. The fourth-order valence-corrected chi connectivity index (χ4v) is 8.36. The predicted octanol–water partition coefficient (Wildman–Crippen LogP) is 11.5. The molecule has 4 heteroatoms. The second-order valence-corrected chi connectivity index (χ2v) is 12.8. The first-order chi connectivity index (χ1) is 22.3. The molecule has 10 rings (SSSR count). The van der Waals surface area contributed by atoms with Crippen LogP contribution in [0.15, 0.2) is 146 Å². The number of rotatable bonds is 3.